The smallest absolute Gasteiger partial charge is 0.286 e. The molecule has 0 atom stereocenters. The van der Waals surface area contributed by atoms with Gasteiger partial charge in [-0.1, -0.05) is 0 Å². The molecular weight excluding hydrogens is 158 g/mol. The lowest BCUT2D eigenvalue weighted by atomic mass is 10.5. The van der Waals surface area contributed by atoms with Crippen LogP contribution in [0.5, 0.6) is 0 Å². The predicted octanol–water partition coefficient (Wildman–Crippen LogP) is -0.986. The normalized spacial score (nSPS) is 11.9. The van der Waals surface area contributed by atoms with E-state index in [1.807, 2.05) is 0 Å². The van der Waals surface area contributed by atoms with Gasteiger partial charge in [-0.25, -0.2) is 9.71 Å². The lowest BCUT2D eigenvalue weighted by Crippen LogP contribution is -2.45. The van der Waals surface area contributed by atoms with Gasteiger partial charge in [-0.2, -0.15) is 5.41 Å². The highest BCUT2D eigenvalue weighted by atomic mass is 16.5. The number of aryl methyl sites for hydroxylation is 1. The minimum Gasteiger partial charge on any atom is -0.740 e. The molecule has 0 radical (unpaired) electrons. The van der Waals surface area contributed by atoms with Gasteiger partial charge in [0.1, 0.15) is 1.37 Å². The van der Waals surface area contributed by atoms with E-state index < -0.39 is 0 Å². The number of rotatable bonds is 0. The van der Waals surface area contributed by atoms with E-state index >= 15 is 0 Å². The van der Waals surface area contributed by atoms with Gasteiger partial charge in [-0.15, -0.1) is 0 Å². The van der Waals surface area contributed by atoms with Crippen LogP contribution in [0.4, 0.5) is 0 Å². The molecule has 0 aliphatic carbocycles. The topological polar surface area (TPSA) is 84.4 Å². The van der Waals surface area contributed by atoms with Crippen LogP contribution in [0.25, 0.3) is 11.2 Å². The van der Waals surface area contributed by atoms with Gasteiger partial charge in [0.2, 0.25) is 5.65 Å². The molecule has 12 heavy (non-hydrogen) atoms. The summed E-state index contributed by atoms with van der Waals surface area (Å²) in [5.41, 5.74) is 0.468. The van der Waals surface area contributed by atoms with Crippen molar-refractivity contribution in [2.24, 2.45) is 7.05 Å². The maximum atomic E-state index is 11.1. The summed E-state index contributed by atoms with van der Waals surface area (Å²) in [5, 5.41) is 18.4. The molecule has 0 spiro atoms. The van der Waals surface area contributed by atoms with E-state index in [4.69, 9.17) is 6.78 Å². The molecule has 0 aromatic carbocycles. The van der Waals surface area contributed by atoms with E-state index in [9.17, 15) is 5.21 Å². The number of H-pyrrole nitrogens is 1. The molecule has 62 valence electrons. The van der Waals surface area contributed by atoms with Gasteiger partial charge in [-0.3, -0.25) is 4.98 Å². The second-order valence-corrected chi connectivity index (χ2v) is 2.43. The fourth-order valence-electron chi connectivity index (χ4n) is 1.01. The van der Waals surface area contributed by atoms with Crippen LogP contribution in [-0.4, -0.2) is 14.5 Å². The molecule has 2 aromatic rings. The zero-order chi connectivity index (χ0) is 9.59. The Morgan fingerprint density at radius 3 is 3.42 bits per heavy atom. The third kappa shape index (κ3) is 0.714. The summed E-state index contributed by atoms with van der Waals surface area (Å²) < 4.78 is 9.02. The number of hydrogen-bond acceptors (Lipinski definition) is 3. The number of fused-ring (bicyclic) bond motifs is 1. The molecule has 0 bridgehead atoms. The number of hydrogen-bond donors (Lipinski definition) is 2. The average molecular weight is 166 g/mol. The molecule has 0 aliphatic rings. The van der Waals surface area contributed by atoms with E-state index in [0.717, 1.165) is 0 Å². The molecule has 0 fully saturated rings. The van der Waals surface area contributed by atoms with Crippen LogP contribution in [0.1, 0.15) is 1.37 Å². The Hall–Kier alpha value is -1.85. The van der Waals surface area contributed by atoms with Crippen molar-refractivity contribution < 1.29 is 6.10 Å². The number of imidazole rings is 1. The minimum atomic E-state index is -0.360. The first-order valence-electron chi connectivity index (χ1n) is 3.79. The summed E-state index contributed by atoms with van der Waals surface area (Å²) in [4.78, 5) is 6.40. The van der Waals surface area contributed by atoms with Gasteiger partial charge in [0, 0.05) is 7.05 Å². The Bertz CT molecular complexity index is 528. The molecule has 2 aromatic heterocycles. The summed E-state index contributed by atoms with van der Waals surface area (Å²) >= 11 is 0. The number of nitrogens with zero attached hydrogens (tertiary/aromatic N) is 3. The molecule has 0 saturated carbocycles. The maximum Gasteiger partial charge on any atom is 0.286 e. The Morgan fingerprint density at radius 1 is 1.92 bits per heavy atom. The Morgan fingerprint density at radius 2 is 2.67 bits per heavy atom. The van der Waals surface area contributed by atoms with Crippen LogP contribution in [-0.2, 0) is 7.05 Å². The summed E-state index contributed by atoms with van der Waals surface area (Å²) in [6.07, 6.45) is 1.12. The summed E-state index contributed by atoms with van der Waals surface area (Å²) in [6, 6.07) is 0. The van der Waals surface area contributed by atoms with Gasteiger partial charge >= 0.3 is 0 Å². The Balaban J connectivity index is 3.05. The quantitative estimate of drug-likeness (QED) is 0.389. The highest BCUT2D eigenvalue weighted by Gasteiger charge is 2.06. The zero-order valence-electron chi connectivity index (χ0n) is 7.33. The van der Waals surface area contributed by atoms with Crippen LogP contribution in [0.15, 0.2) is 12.6 Å². The zero-order valence-corrected chi connectivity index (χ0v) is 6.33. The van der Waals surface area contributed by atoms with E-state index in [2.05, 4.69) is 9.97 Å². The maximum absolute atomic E-state index is 11.1. The van der Waals surface area contributed by atoms with Gasteiger partial charge in [0.05, 0.1) is 6.33 Å². The molecule has 0 saturated heterocycles. The highest BCUT2D eigenvalue weighted by molar-refractivity contribution is 5.67. The van der Waals surface area contributed by atoms with Crippen molar-refractivity contribution >= 4 is 11.2 Å². The lowest BCUT2D eigenvalue weighted by Gasteiger charge is -2.00. The van der Waals surface area contributed by atoms with Gasteiger partial charge in [-0.05, 0) is 0 Å². The molecule has 2 rings (SSSR count). The fourth-order valence-corrected chi connectivity index (χ4v) is 1.01. The Labute approximate surface area is 68.6 Å². The number of nitrogens with one attached hydrogen (secondary N) is 2. The largest absolute Gasteiger partial charge is 0.740 e. The van der Waals surface area contributed by atoms with Gasteiger partial charge in [0.25, 0.3) is 5.49 Å². The molecule has 0 amide bonds. The van der Waals surface area contributed by atoms with Crippen molar-refractivity contribution in [3.05, 3.63) is 23.3 Å². The number of aromatic amines is 1. The molecule has 2 heterocycles. The molecule has 0 aliphatic heterocycles. The van der Waals surface area contributed by atoms with Crippen LogP contribution >= 0.6 is 0 Å². The minimum absolute atomic E-state index is 0.190. The standard InChI is InChI=1S/C6H7N5O/c1-10-2-8-4-5(7)11(12)3-9-6(4)10/h2-3,7,9H,1H3/i3D. The van der Waals surface area contributed by atoms with E-state index in [1.165, 1.54) is 6.33 Å². The highest BCUT2D eigenvalue weighted by Crippen LogP contribution is 1.98. The third-order valence-electron chi connectivity index (χ3n) is 1.64. The average Bonchev–Trinajstić information content (AvgIpc) is 2.45. The molecule has 6 nitrogen and oxygen atoms in total. The second kappa shape index (κ2) is 2.07. The lowest BCUT2D eigenvalue weighted by molar-refractivity contribution is -0.625. The second-order valence-electron chi connectivity index (χ2n) is 2.43. The number of aromatic nitrogens is 4. The van der Waals surface area contributed by atoms with Crippen molar-refractivity contribution in [2.45, 2.75) is 0 Å². The summed E-state index contributed by atoms with van der Waals surface area (Å²) in [6.45, 7) is 0. The van der Waals surface area contributed by atoms with E-state index in [0.29, 0.717) is 5.65 Å². The van der Waals surface area contributed by atoms with Crippen molar-refractivity contribution in [3.8, 4) is 0 Å². The van der Waals surface area contributed by atoms with Gasteiger partial charge < -0.3 is 9.77 Å². The third-order valence-corrected chi connectivity index (χ3v) is 1.64. The van der Waals surface area contributed by atoms with Crippen molar-refractivity contribution in [2.75, 3.05) is 0 Å². The van der Waals surface area contributed by atoms with Crippen molar-refractivity contribution in [3.63, 3.8) is 0 Å². The van der Waals surface area contributed by atoms with E-state index in [-0.39, 0.29) is 22.0 Å². The van der Waals surface area contributed by atoms with Crippen LogP contribution in [0.3, 0.4) is 0 Å². The van der Waals surface area contributed by atoms with Crippen molar-refractivity contribution in [1.82, 2.24) is 14.5 Å². The summed E-state index contributed by atoms with van der Waals surface area (Å²) in [7, 11) is 1.72. The molecule has 0 unspecified atom stereocenters. The first-order chi connectivity index (χ1) is 6.11. The van der Waals surface area contributed by atoms with Crippen LogP contribution < -0.4 is 10.2 Å². The summed E-state index contributed by atoms with van der Waals surface area (Å²) in [5.74, 6) is 0. The molecular formula is C6H7N5O. The van der Waals surface area contributed by atoms with Crippen LogP contribution in [0.2, 0.25) is 0 Å². The van der Waals surface area contributed by atoms with Crippen molar-refractivity contribution in [1.29, 1.82) is 5.41 Å². The van der Waals surface area contributed by atoms with E-state index in [1.54, 1.807) is 11.6 Å². The van der Waals surface area contributed by atoms with Gasteiger partial charge in [0.15, 0.2) is 11.8 Å². The first kappa shape index (κ1) is 5.76. The first-order valence-corrected chi connectivity index (χ1v) is 3.29. The fraction of sp³-hybridized carbons (Fsp3) is 0.167. The SMILES string of the molecule is [2H]c1[nH]c2c(ncn2C)c(=N)[n+]1[O-]. The Kier molecular flexibility index (Phi) is 0.991. The molecule has 6 heteroatoms. The molecule has 2 N–H and O–H groups in total. The monoisotopic (exact) mass is 166 g/mol. The predicted molar refractivity (Wildman–Crippen MR) is 39.9 cm³/mol. The van der Waals surface area contributed by atoms with Crippen LogP contribution in [0, 0.1) is 10.6 Å².